The van der Waals surface area contributed by atoms with Crippen molar-refractivity contribution in [3.05, 3.63) is 66.8 Å². The van der Waals surface area contributed by atoms with Crippen LogP contribution in [0.2, 0.25) is 0 Å². The van der Waals surface area contributed by atoms with E-state index in [9.17, 15) is 9.59 Å². The summed E-state index contributed by atoms with van der Waals surface area (Å²) in [7, 11) is 1.44. The van der Waals surface area contributed by atoms with Crippen LogP contribution in [0.25, 0.3) is 0 Å². The predicted octanol–water partition coefficient (Wildman–Crippen LogP) is 5.60. The summed E-state index contributed by atoms with van der Waals surface area (Å²) in [4.78, 5) is 32.7. The minimum atomic E-state index is -0.244. The van der Waals surface area contributed by atoms with E-state index >= 15 is 0 Å². The van der Waals surface area contributed by atoms with E-state index in [4.69, 9.17) is 4.74 Å². The van der Waals surface area contributed by atoms with E-state index in [1.54, 1.807) is 4.90 Å². The van der Waals surface area contributed by atoms with Gasteiger partial charge in [-0.15, -0.1) is 6.58 Å². The molecule has 0 bridgehead atoms. The Bertz CT molecular complexity index is 963. The van der Waals surface area contributed by atoms with Crippen LogP contribution in [0.1, 0.15) is 61.9 Å². The summed E-state index contributed by atoms with van der Waals surface area (Å²) in [5.41, 5.74) is 4.01. The van der Waals surface area contributed by atoms with Crippen LogP contribution in [0.15, 0.2) is 55.7 Å². The molecule has 0 aliphatic carbocycles. The molecule has 1 amide bonds. The molecule has 2 atom stereocenters. The lowest BCUT2D eigenvalue weighted by Crippen LogP contribution is -2.44. The Balaban J connectivity index is 2.20. The number of carbonyl (C=O) groups is 2. The summed E-state index contributed by atoms with van der Waals surface area (Å²) >= 11 is 0. The topological polar surface area (TPSA) is 56.3 Å². The molecular weight excluding hydrogens is 488 g/mol. The van der Waals surface area contributed by atoms with E-state index in [2.05, 4.69) is 61.3 Å². The zero-order valence-electron chi connectivity index (χ0n) is 24.7. The summed E-state index contributed by atoms with van der Waals surface area (Å²) in [6.45, 7) is 26.4. The average molecular weight is 539 g/mol. The van der Waals surface area contributed by atoms with Crippen molar-refractivity contribution in [3.63, 3.8) is 0 Å². The van der Waals surface area contributed by atoms with Gasteiger partial charge in [0.2, 0.25) is 0 Å². The van der Waals surface area contributed by atoms with Crippen LogP contribution >= 0.6 is 0 Å². The summed E-state index contributed by atoms with van der Waals surface area (Å²) in [6, 6.07) is 6.12. The second kappa shape index (κ2) is 16.9. The monoisotopic (exact) mass is 538 g/mol. The smallest absolute Gasteiger partial charge is 0.409 e. The van der Waals surface area contributed by atoms with Crippen LogP contribution in [0, 0.1) is 0 Å². The predicted molar refractivity (Wildman–Crippen MR) is 163 cm³/mol. The van der Waals surface area contributed by atoms with Crippen molar-refractivity contribution >= 4 is 18.1 Å². The first-order chi connectivity index (χ1) is 18.8. The maximum atomic E-state index is 11.9. The lowest BCUT2D eigenvalue weighted by molar-refractivity contribution is 0.112. The minimum absolute atomic E-state index is 0.0393. The fourth-order valence-electron chi connectivity index (χ4n) is 5.30. The highest BCUT2D eigenvalue weighted by Gasteiger charge is 2.23. The Morgan fingerprint density at radius 3 is 2.54 bits per heavy atom. The molecule has 39 heavy (non-hydrogen) atoms. The van der Waals surface area contributed by atoms with Gasteiger partial charge >= 0.3 is 6.09 Å². The van der Waals surface area contributed by atoms with Crippen LogP contribution in [0.5, 0.6) is 0 Å². The molecule has 1 saturated heterocycles. The molecule has 0 N–H and O–H groups in total. The molecule has 1 aromatic carbocycles. The van der Waals surface area contributed by atoms with Crippen molar-refractivity contribution in [2.24, 2.45) is 0 Å². The van der Waals surface area contributed by atoms with E-state index in [0.29, 0.717) is 18.0 Å². The third-order valence-corrected chi connectivity index (χ3v) is 7.82. The van der Waals surface area contributed by atoms with Gasteiger partial charge in [-0.25, -0.2) is 4.79 Å². The van der Waals surface area contributed by atoms with Crippen molar-refractivity contribution in [2.75, 3.05) is 70.9 Å². The number of rotatable bonds is 16. The Hall–Kier alpha value is -2.90. The second-order valence-corrected chi connectivity index (χ2v) is 10.5. The van der Waals surface area contributed by atoms with Crippen LogP contribution in [0.4, 0.5) is 10.5 Å². The molecule has 0 radical (unpaired) electrons. The van der Waals surface area contributed by atoms with Crippen LogP contribution in [-0.2, 0) is 4.74 Å². The van der Waals surface area contributed by atoms with Crippen LogP contribution < -0.4 is 4.90 Å². The fraction of sp³-hybridized carbons (Fsp3) is 0.562. The Morgan fingerprint density at radius 2 is 1.90 bits per heavy atom. The van der Waals surface area contributed by atoms with E-state index < -0.39 is 0 Å². The number of methoxy groups -OCH3 is 1. The summed E-state index contributed by atoms with van der Waals surface area (Å²) in [5.74, 6) is 0.384. The van der Waals surface area contributed by atoms with Gasteiger partial charge in [0.25, 0.3) is 0 Å². The molecule has 1 aromatic rings. The van der Waals surface area contributed by atoms with Gasteiger partial charge in [-0.05, 0) is 49.4 Å². The summed E-state index contributed by atoms with van der Waals surface area (Å²) in [5, 5.41) is 0. The summed E-state index contributed by atoms with van der Waals surface area (Å²) in [6.07, 6.45) is 7.60. The molecule has 1 aliphatic heterocycles. The lowest BCUT2D eigenvalue weighted by Gasteiger charge is -2.37. The van der Waals surface area contributed by atoms with E-state index in [0.717, 1.165) is 89.2 Å². The van der Waals surface area contributed by atoms with Gasteiger partial charge in [-0.2, -0.15) is 0 Å². The van der Waals surface area contributed by atoms with Gasteiger partial charge in [0, 0.05) is 63.6 Å². The first-order valence-electron chi connectivity index (χ1n) is 14.3. The van der Waals surface area contributed by atoms with Crippen LogP contribution in [0.3, 0.4) is 0 Å². The normalized spacial score (nSPS) is 15.8. The number of hydrogen-bond donors (Lipinski definition) is 0. The number of nitrogens with zero attached hydrogens (tertiary/aromatic N) is 4. The van der Waals surface area contributed by atoms with Crippen molar-refractivity contribution in [1.82, 2.24) is 14.7 Å². The molecule has 1 heterocycles. The van der Waals surface area contributed by atoms with Gasteiger partial charge in [0.1, 0.15) is 6.29 Å². The number of amides is 1. The molecule has 7 nitrogen and oxygen atoms in total. The van der Waals surface area contributed by atoms with E-state index in [-0.39, 0.29) is 12.1 Å². The molecule has 1 aliphatic rings. The highest BCUT2D eigenvalue weighted by Crippen LogP contribution is 2.33. The number of hydrogen-bond acceptors (Lipinski definition) is 6. The SMILES string of the molecule is C=CCN(CCN1CCCN(C(=O)OC)CC1)CCN(c1cc(C=O)ccc1C(C)CCC)C(C)C(=C)C=C. The number of anilines is 1. The Kier molecular flexibility index (Phi) is 14.0. The lowest BCUT2D eigenvalue weighted by atomic mass is 9.92. The Labute approximate surface area is 236 Å². The Morgan fingerprint density at radius 1 is 1.13 bits per heavy atom. The maximum absolute atomic E-state index is 11.9. The summed E-state index contributed by atoms with van der Waals surface area (Å²) < 4.78 is 4.91. The number of carbonyl (C=O) groups excluding carboxylic acids is 2. The molecule has 0 aromatic heterocycles. The van der Waals surface area contributed by atoms with Gasteiger partial charge in [-0.1, -0.05) is 57.7 Å². The highest BCUT2D eigenvalue weighted by molar-refractivity contribution is 5.78. The molecule has 7 heteroatoms. The van der Waals surface area contributed by atoms with Gasteiger partial charge < -0.3 is 19.4 Å². The molecule has 0 spiro atoms. The van der Waals surface area contributed by atoms with Crippen molar-refractivity contribution < 1.29 is 14.3 Å². The third kappa shape index (κ3) is 9.66. The second-order valence-electron chi connectivity index (χ2n) is 10.5. The first-order valence-corrected chi connectivity index (χ1v) is 14.3. The molecule has 1 fully saturated rings. The quantitative estimate of drug-likeness (QED) is 0.155. The third-order valence-electron chi connectivity index (χ3n) is 7.82. The van der Waals surface area contributed by atoms with Crippen molar-refractivity contribution in [1.29, 1.82) is 0 Å². The molecule has 2 unspecified atom stereocenters. The molecular formula is C32H50N4O3. The van der Waals surface area contributed by atoms with E-state index in [1.807, 2.05) is 24.3 Å². The van der Waals surface area contributed by atoms with Crippen molar-refractivity contribution in [3.8, 4) is 0 Å². The molecule has 2 rings (SSSR count). The molecule has 0 saturated carbocycles. The maximum Gasteiger partial charge on any atom is 0.409 e. The number of benzene rings is 1. The fourth-order valence-corrected chi connectivity index (χ4v) is 5.30. The zero-order chi connectivity index (χ0) is 28.8. The minimum Gasteiger partial charge on any atom is -0.453 e. The average Bonchev–Trinajstić information content (AvgIpc) is 3.20. The van der Waals surface area contributed by atoms with Crippen molar-refractivity contribution in [2.45, 2.75) is 52.0 Å². The van der Waals surface area contributed by atoms with Gasteiger partial charge in [0.05, 0.1) is 13.2 Å². The first kappa shape index (κ1) is 32.3. The largest absolute Gasteiger partial charge is 0.453 e. The van der Waals surface area contributed by atoms with Gasteiger partial charge in [0.15, 0.2) is 0 Å². The van der Waals surface area contributed by atoms with E-state index in [1.165, 1.54) is 12.7 Å². The standard InChI is InChI=1S/C32H50N4O3/c1-8-12-27(5)30-14-13-29(25-37)24-31(30)36(28(6)26(4)10-3)23-21-33(15-9-2)18-19-34-16-11-17-35(22-20-34)32(38)39-7/h9-10,13-14,24-25,27-28H,2-4,8,11-12,15-23H2,1,5-7H3. The molecule has 216 valence electrons. The number of aldehydes is 1. The highest BCUT2D eigenvalue weighted by atomic mass is 16.5. The van der Waals surface area contributed by atoms with Crippen LogP contribution in [-0.4, -0.2) is 99.1 Å². The van der Waals surface area contributed by atoms with Gasteiger partial charge in [-0.3, -0.25) is 9.69 Å². The number of ether oxygens (including phenoxy) is 1. The zero-order valence-corrected chi connectivity index (χ0v) is 24.7.